The van der Waals surface area contributed by atoms with Gasteiger partial charge >= 0.3 is 6.03 Å². The number of carbonyl (C=O) groups is 2. The number of imide groups is 1. The fourth-order valence-electron chi connectivity index (χ4n) is 2.47. The fourth-order valence-corrected chi connectivity index (χ4v) is 3.40. The molecular weight excluding hydrogens is 326 g/mol. The monoisotopic (exact) mass is 339 g/mol. The molecule has 24 heavy (non-hydrogen) atoms. The number of benzene rings is 1. The van der Waals surface area contributed by atoms with Crippen molar-refractivity contribution in [3.05, 3.63) is 41.5 Å². The zero-order valence-electron chi connectivity index (χ0n) is 12.7. The highest BCUT2D eigenvalue weighted by Gasteiger charge is 2.16. The van der Waals surface area contributed by atoms with Crippen molar-refractivity contribution >= 4 is 40.4 Å². The van der Waals surface area contributed by atoms with Gasteiger partial charge in [0, 0.05) is 0 Å². The molecule has 3 N–H and O–H groups in total. The van der Waals surface area contributed by atoms with Crippen molar-refractivity contribution in [1.29, 1.82) is 5.26 Å². The number of nitrogens with one attached hydrogen (secondary N) is 1. The molecular formula is C16H13N5O2S. The maximum absolute atomic E-state index is 11.7. The number of hydrogen-bond acceptors (Lipinski definition) is 5. The molecule has 0 aliphatic heterocycles. The molecule has 120 valence electrons. The van der Waals surface area contributed by atoms with Crippen LogP contribution in [0.2, 0.25) is 0 Å². The number of rotatable bonds is 3. The molecule has 0 saturated carbocycles. The van der Waals surface area contributed by atoms with Crippen molar-refractivity contribution in [3.63, 3.8) is 0 Å². The van der Waals surface area contributed by atoms with E-state index in [1.807, 2.05) is 47.0 Å². The Morgan fingerprint density at radius 3 is 2.88 bits per heavy atom. The Labute approximate surface area is 141 Å². The molecule has 8 heteroatoms. The molecule has 2 heterocycles. The number of nitrogens with zero attached hydrogens (tertiary/aromatic N) is 3. The Morgan fingerprint density at radius 2 is 2.17 bits per heavy atom. The van der Waals surface area contributed by atoms with Crippen LogP contribution in [0, 0.1) is 18.3 Å². The zero-order chi connectivity index (χ0) is 17.3. The smallest absolute Gasteiger partial charge is 0.318 e. The molecule has 3 rings (SSSR count). The van der Waals surface area contributed by atoms with Crippen LogP contribution in [-0.2, 0) is 4.79 Å². The van der Waals surface area contributed by atoms with Gasteiger partial charge in [-0.05, 0) is 30.7 Å². The third kappa shape index (κ3) is 2.77. The van der Waals surface area contributed by atoms with Crippen molar-refractivity contribution in [3.8, 4) is 6.07 Å². The number of para-hydroxylation sites is 2. The number of hydrogen-bond donors (Lipinski definition) is 2. The molecule has 0 radical (unpaired) electrons. The molecule has 1 aromatic carbocycles. The number of urea groups is 1. The van der Waals surface area contributed by atoms with Crippen molar-refractivity contribution in [1.82, 2.24) is 14.7 Å². The topological polar surface area (TPSA) is 113 Å². The van der Waals surface area contributed by atoms with Crippen LogP contribution < -0.4 is 11.1 Å². The van der Waals surface area contributed by atoms with E-state index in [-0.39, 0.29) is 5.75 Å². The molecule has 2 aromatic heterocycles. The second-order valence-corrected chi connectivity index (χ2v) is 6.11. The van der Waals surface area contributed by atoms with Crippen molar-refractivity contribution in [2.75, 3.05) is 5.75 Å². The van der Waals surface area contributed by atoms with Crippen LogP contribution >= 0.6 is 11.8 Å². The van der Waals surface area contributed by atoms with E-state index < -0.39 is 11.9 Å². The summed E-state index contributed by atoms with van der Waals surface area (Å²) >= 11 is 1.25. The van der Waals surface area contributed by atoms with Gasteiger partial charge in [-0.2, -0.15) is 5.26 Å². The normalized spacial score (nSPS) is 10.7. The van der Waals surface area contributed by atoms with E-state index in [9.17, 15) is 14.9 Å². The second kappa shape index (κ2) is 6.22. The first-order valence-electron chi connectivity index (χ1n) is 7.04. The minimum absolute atomic E-state index is 0.0237. The third-order valence-corrected chi connectivity index (χ3v) is 4.47. The van der Waals surface area contributed by atoms with E-state index in [1.54, 1.807) is 0 Å². The number of pyridine rings is 1. The van der Waals surface area contributed by atoms with Gasteiger partial charge in [-0.3, -0.25) is 14.5 Å². The quantitative estimate of drug-likeness (QED) is 0.708. The number of thioether (sulfide) groups is 1. The summed E-state index contributed by atoms with van der Waals surface area (Å²) < 4.78 is 1.85. The number of fused-ring (bicyclic) bond motifs is 3. The van der Waals surface area contributed by atoms with Gasteiger partial charge in [-0.25, -0.2) is 9.78 Å². The number of imidazole rings is 1. The zero-order valence-corrected chi connectivity index (χ0v) is 13.6. The summed E-state index contributed by atoms with van der Waals surface area (Å²) in [6, 6.07) is 10.7. The van der Waals surface area contributed by atoms with Crippen molar-refractivity contribution in [2.24, 2.45) is 5.73 Å². The Morgan fingerprint density at radius 1 is 1.42 bits per heavy atom. The molecule has 3 aromatic rings. The maximum atomic E-state index is 11.7. The van der Waals surface area contributed by atoms with E-state index in [2.05, 4.69) is 11.1 Å². The molecule has 0 saturated heterocycles. The van der Waals surface area contributed by atoms with Gasteiger partial charge in [0.2, 0.25) is 5.91 Å². The van der Waals surface area contributed by atoms with Crippen LogP contribution in [-0.4, -0.2) is 27.1 Å². The highest BCUT2D eigenvalue weighted by molar-refractivity contribution is 7.99. The summed E-state index contributed by atoms with van der Waals surface area (Å²) in [6.07, 6.45) is 0. The van der Waals surface area contributed by atoms with E-state index in [0.717, 1.165) is 21.6 Å². The number of carbonyl (C=O) groups excluding carboxylic acids is 2. The number of aromatic nitrogens is 2. The number of primary amides is 1. The molecule has 0 spiro atoms. The summed E-state index contributed by atoms with van der Waals surface area (Å²) in [6.45, 7) is 1.82. The van der Waals surface area contributed by atoms with Crippen LogP contribution in [0.3, 0.4) is 0 Å². The van der Waals surface area contributed by atoms with Crippen LogP contribution in [0.5, 0.6) is 0 Å². The summed E-state index contributed by atoms with van der Waals surface area (Å²) in [5.74, 6) is -0.456. The Balaban J connectivity index is 2.12. The first kappa shape index (κ1) is 15.8. The van der Waals surface area contributed by atoms with Gasteiger partial charge in [0.25, 0.3) is 0 Å². The fraction of sp³-hybridized carbons (Fsp3) is 0.125. The predicted octanol–water partition coefficient (Wildman–Crippen LogP) is 1.95. The summed E-state index contributed by atoms with van der Waals surface area (Å²) in [7, 11) is 0. The molecule has 0 atom stereocenters. The van der Waals surface area contributed by atoms with Gasteiger partial charge < -0.3 is 5.73 Å². The summed E-state index contributed by atoms with van der Waals surface area (Å²) in [4.78, 5) is 26.9. The largest absolute Gasteiger partial charge is 0.351 e. The Hall–Kier alpha value is -3.05. The van der Waals surface area contributed by atoms with E-state index in [4.69, 9.17) is 5.73 Å². The maximum Gasteiger partial charge on any atom is 0.318 e. The third-order valence-electron chi connectivity index (χ3n) is 3.46. The number of nitriles is 1. The molecule has 0 fully saturated rings. The lowest BCUT2D eigenvalue weighted by atomic mass is 10.2. The van der Waals surface area contributed by atoms with E-state index in [1.165, 1.54) is 11.8 Å². The van der Waals surface area contributed by atoms with Gasteiger partial charge in [0.05, 0.1) is 27.4 Å². The first-order valence-corrected chi connectivity index (χ1v) is 8.03. The predicted molar refractivity (Wildman–Crippen MR) is 90.6 cm³/mol. The van der Waals surface area contributed by atoms with Crippen molar-refractivity contribution in [2.45, 2.75) is 11.9 Å². The van der Waals surface area contributed by atoms with Crippen LogP contribution in [0.25, 0.3) is 16.7 Å². The highest BCUT2D eigenvalue weighted by Crippen LogP contribution is 2.29. The van der Waals surface area contributed by atoms with Crippen LogP contribution in [0.15, 0.2) is 35.4 Å². The minimum atomic E-state index is -0.880. The minimum Gasteiger partial charge on any atom is -0.351 e. The molecule has 7 nitrogen and oxygen atoms in total. The Bertz CT molecular complexity index is 1020. The standard InChI is InChI=1S/C16H13N5O2S/c1-9-6-14(24-8-13(22)20-16(18)23)21-12-5-3-2-4-11(12)19-15(21)10(9)7-17/h2-6H,8H2,1H3,(H3,18,20,22,23). The van der Waals surface area contributed by atoms with Gasteiger partial charge in [0.15, 0.2) is 5.65 Å². The molecule has 0 aliphatic rings. The van der Waals surface area contributed by atoms with E-state index >= 15 is 0 Å². The van der Waals surface area contributed by atoms with E-state index in [0.29, 0.717) is 11.2 Å². The van der Waals surface area contributed by atoms with Gasteiger partial charge in [-0.1, -0.05) is 23.9 Å². The number of amides is 3. The molecule has 3 amide bonds. The average molecular weight is 339 g/mol. The summed E-state index contributed by atoms with van der Waals surface area (Å²) in [5.41, 5.74) is 8.38. The SMILES string of the molecule is Cc1cc(SCC(=O)NC(N)=O)n2c(nc3ccccc32)c1C#N. The molecule has 0 unspecified atom stereocenters. The first-order chi connectivity index (χ1) is 11.5. The highest BCUT2D eigenvalue weighted by atomic mass is 32.2. The number of aryl methyl sites for hydroxylation is 1. The number of nitrogens with two attached hydrogens (primary N) is 1. The average Bonchev–Trinajstić information content (AvgIpc) is 2.91. The molecule has 0 bridgehead atoms. The van der Waals surface area contributed by atoms with Gasteiger partial charge in [-0.15, -0.1) is 0 Å². The van der Waals surface area contributed by atoms with Gasteiger partial charge in [0.1, 0.15) is 6.07 Å². The summed E-state index contributed by atoms with van der Waals surface area (Å²) in [5, 5.41) is 12.2. The molecule has 0 aliphatic carbocycles. The Kier molecular flexibility index (Phi) is 4.10. The lowest BCUT2D eigenvalue weighted by molar-refractivity contribution is -0.117. The lowest BCUT2D eigenvalue weighted by Gasteiger charge is -2.09. The lowest BCUT2D eigenvalue weighted by Crippen LogP contribution is -2.36. The second-order valence-electron chi connectivity index (χ2n) is 5.11. The van der Waals surface area contributed by atoms with Crippen LogP contribution in [0.4, 0.5) is 4.79 Å². The van der Waals surface area contributed by atoms with Crippen LogP contribution in [0.1, 0.15) is 11.1 Å². The van der Waals surface area contributed by atoms with Crippen molar-refractivity contribution < 1.29 is 9.59 Å².